The number of alkyl halides is 1. The van der Waals surface area contributed by atoms with E-state index in [0.29, 0.717) is 0 Å². The fourth-order valence-electron chi connectivity index (χ4n) is 2.90. The predicted octanol–water partition coefficient (Wildman–Crippen LogP) is 4.72. The van der Waals surface area contributed by atoms with Gasteiger partial charge in [-0.25, -0.2) is 0 Å². The molecule has 4 heteroatoms. The van der Waals surface area contributed by atoms with Crippen molar-refractivity contribution in [1.82, 2.24) is 9.78 Å². The summed E-state index contributed by atoms with van der Waals surface area (Å²) < 4.78 is 3.43. The van der Waals surface area contributed by atoms with Gasteiger partial charge in [-0.15, -0.1) is 0 Å². The van der Waals surface area contributed by atoms with Crippen molar-refractivity contribution in [2.45, 2.75) is 63.7 Å². The van der Waals surface area contributed by atoms with Crippen molar-refractivity contribution >= 4 is 31.9 Å². The molecule has 0 radical (unpaired) electrons. The zero-order chi connectivity index (χ0) is 13.1. The largest absolute Gasteiger partial charge is 0.268 e. The van der Waals surface area contributed by atoms with Crippen LogP contribution in [-0.4, -0.2) is 14.6 Å². The van der Waals surface area contributed by atoms with Crippen LogP contribution in [0.15, 0.2) is 4.47 Å². The van der Waals surface area contributed by atoms with Gasteiger partial charge < -0.3 is 0 Å². The van der Waals surface area contributed by atoms with Gasteiger partial charge in [0.05, 0.1) is 15.9 Å². The highest BCUT2D eigenvalue weighted by Crippen LogP contribution is 2.33. The lowest BCUT2D eigenvalue weighted by Gasteiger charge is -2.25. The molecular weight excluding hydrogens is 356 g/mol. The fraction of sp³-hybridized carbons (Fsp3) is 0.786. The summed E-state index contributed by atoms with van der Waals surface area (Å²) in [4.78, 5) is 0.721. The van der Waals surface area contributed by atoms with Crippen molar-refractivity contribution < 1.29 is 0 Å². The number of hydrogen-bond donors (Lipinski definition) is 0. The first kappa shape index (κ1) is 14.6. The second-order valence-electron chi connectivity index (χ2n) is 5.21. The van der Waals surface area contributed by atoms with Gasteiger partial charge in [-0.3, -0.25) is 4.68 Å². The van der Waals surface area contributed by atoms with Crippen molar-refractivity contribution in [3.63, 3.8) is 0 Å². The number of rotatable bonds is 4. The van der Waals surface area contributed by atoms with Crippen molar-refractivity contribution in [2.24, 2.45) is 5.92 Å². The SMILES string of the molecule is CCc1nn(CC)c(CC2CCCC(Br)C2)c1Br. The molecule has 0 saturated heterocycles. The van der Waals surface area contributed by atoms with Gasteiger partial charge in [0, 0.05) is 11.4 Å². The summed E-state index contributed by atoms with van der Waals surface area (Å²) in [6, 6.07) is 0. The summed E-state index contributed by atoms with van der Waals surface area (Å²) >= 11 is 7.53. The maximum absolute atomic E-state index is 4.69. The topological polar surface area (TPSA) is 17.8 Å². The van der Waals surface area contributed by atoms with Gasteiger partial charge in [0.2, 0.25) is 0 Å². The van der Waals surface area contributed by atoms with E-state index in [9.17, 15) is 0 Å². The van der Waals surface area contributed by atoms with E-state index in [1.807, 2.05) is 0 Å². The molecule has 2 rings (SSSR count). The van der Waals surface area contributed by atoms with Crippen LogP contribution in [0, 0.1) is 5.92 Å². The van der Waals surface area contributed by atoms with E-state index in [4.69, 9.17) is 0 Å². The van der Waals surface area contributed by atoms with Gasteiger partial charge in [0.15, 0.2) is 0 Å². The second kappa shape index (κ2) is 6.56. The average molecular weight is 378 g/mol. The molecule has 102 valence electrons. The Labute approximate surface area is 127 Å². The van der Waals surface area contributed by atoms with Crippen molar-refractivity contribution in [2.75, 3.05) is 0 Å². The third-order valence-corrected chi connectivity index (χ3v) is 5.64. The third kappa shape index (κ3) is 3.19. The first-order chi connectivity index (χ1) is 8.65. The van der Waals surface area contributed by atoms with Gasteiger partial charge in [0.25, 0.3) is 0 Å². The normalized spacial score (nSPS) is 24.4. The molecule has 0 bridgehead atoms. The first-order valence-corrected chi connectivity index (χ1v) is 8.74. The highest BCUT2D eigenvalue weighted by Gasteiger charge is 2.23. The molecule has 1 aromatic heterocycles. The number of halogens is 2. The Hall–Kier alpha value is 0.170. The molecule has 2 atom stereocenters. The van der Waals surface area contributed by atoms with Gasteiger partial charge >= 0.3 is 0 Å². The fourth-order valence-corrected chi connectivity index (χ4v) is 4.48. The van der Waals surface area contributed by atoms with Crippen LogP contribution in [0.2, 0.25) is 0 Å². The Morgan fingerprint density at radius 2 is 2.11 bits per heavy atom. The molecule has 2 unspecified atom stereocenters. The molecule has 2 nitrogen and oxygen atoms in total. The number of aryl methyl sites for hydroxylation is 2. The minimum Gasteiger partial charge on any atom is -0.268 e. The molecule has 0 N–H and O–H groups in total. The van der Waals surface area contributed by atoms with Crippen LogP contribution < -0.4 is 0 Å². The first-order valence-electron chi connectivity index (χ1n) is 7.03. The van der Waals surface area contributed by atoms with E-state index >= 15 is 0 Å². The number of nitrogens with zero attached hydrogens (tertiary/aromatic N) is 2. The summed E-state index contributed by atoms with van der Waals surface area (Å²) in [5.41, 5.74) is 2.61. The van der Waals surface area contributed by atoms with Crippen LogP contribution in [-0.2, 0) is 19.4 Å². The van der Waals surface area contributed by atoms with Crippen LogP contribution in [0.4, 0.5) is 0 Å². The standard InChI is InChI=1S/C14H22Br2N2/c1-3-12-14(16)13(18(4-2)17-12)9-10-6-5-7-11(15)8-10/h10-11H,3-9H2,1-2H3. The summed E-state index contributed by atoms with van der Waals surface area (Å²) in [5.74, 6) is 0.811. The van der Waals surface area contributed by atoms with Crippen molar-refractivity contribution in [3.8, 4) is 0 Å². The summed E-state index contributed by atoms with van der Waals surface area (Å²) in [6.07, 6.45) is 7.55. The zero-order valence-electron chi connectivity index (χ0n) is 11.3. The number of aromatic nitrogens is 2. The zero-order valence-corrected chi connectivity index (χ0v) is 14.4. The Morgan fingerprint density at radius 1 is 1.33 bits per heavy atom. The van der Waals surface area contributed by atoms with E-state index in [1.165, 1.54) is 48.0 Å². The van der Waals surface area contributed by atoms with Crippen LogP contribution in [0.25, 0.3) is 0 Å². The third-order valence-electron chi connectivity index (χ3n) is 3.89. The quantitative estimate of drug-likeness (QED) is 0.694. The summed E-state index contributed by atoms with van der Waals surface area (Å²) in [6.45, 7) is 5.32. The molecule has 0 aliphatic heterocycles. The van der Waals surface area contributed by atoms with E-state index < -0.39 is 0 Å². The summed E-state index contributed by atoms with van der Waals surface area (Å²) in [5, 5.41) is 4.69. The highest BCUT2D eigenvalue weighted by atomic mass is 79.9. The summed E-state index contributed by atoms with van der Waals surface area (Å²) in [7, 11) is 0. The highest BCUT2D eigenvalue weighted by molar-refractivity contribution is 9.10. The van der Waals surface area contributed by atoms with Crippen molar-refractivity contribution in [3.05, 3.63) is 15.9 Å². The Kier molecular flexibility index (Phi) is 5.31. The number of hydrogen-bond acceptors (Lipinski definition) is 1. The molecule has 18 heavy (non-hydrogen) atoms. The van der Waals surface area contributed by atoms with E-state index in [1.54, 1.807) is 0 Å². The molecule has 1 aromatic rings. The van der Waals surface area contributed by atoms with E-state index in [2.05, 4.69) is 55.5 Å². The van der Waals surface area contributed by atoms with Gasteiger partial charge in [-0.2, -0.15) is 5.10 Å². The lowest BCUT2D eigenvalue weighted by molar-refractivity contribution is 0.359. The Morgan fingerprint density at radius 3 is 2.72 bits per heavy atom. The molecule has 0 spiro atoms. The lowest BCUT2D eigenvalue weighted by Crippen LogP contribution is -2.18. The molecule has 1 aliphatic rings. The molecule has 0 aromatic carbocycles. The van der Waals surface area contributed by atoms with E-state index in [0.717, 1.165) is 23.7 Å². The maximum Gasteiger partial charge on any atom is 0.0766 e. The molecule has 1 saturated carbocycles. The second-order valence-corrected chi connectivity index (χ2v) is 7.30. The van der Waals surface area contributed by atoms with Gasteiger partial charge in [0.1, 0.15) is 0 Å². The van der Waals surface area contributed by atoms with Crippen LogP contribution in [0.3, 0.4) is 0 Å². The van der Waals surface area contributed by atoms with E-state index in [-0.39, 0.29) is 0 Å². The van der Waals surface area contributed by atoms with Crippen LogP contribution >= 0.6 is 31.9 Å². The Balaban J connectivity index is 2.14. The predicted molar refractivity (Wildman–Crippen MR) is 83.4 cm³/mol. The molecule has 0 amide bonds. The minimum atomic E-state index is 0.721. The molecule has 1 fully saturated rings. The lowest BCUT2D eigenvalue weighted by atomic mass is 9.86. The van der Waals surface area contributed by atoms with Gasteiger partial charge in [-0.1, -0.05) is 29.3 Å². The smallest absolute Gasteiger partial charge is 0.0766 e. The molecule has 1 aliphatic carbocycles. The van der Waals surface area contributed by atoms with Crippen molar-refractivity contribution in [1.29, 1.82) is 0 Å². The minimum absolute atomic E-state index is 0.721. The monoisotopic (exact) mass is 376 g/mol. The van der Waals surface area contributed by atoms with Crippen LogP contribution in [0.5, 0.6) is 0 Å². The van der Waals surface area contributed by atoms with Gasteiger partial charge in [-0.05, 0) is 60.9 Å². The average Bonchev–Trinajstić information content (AvgIpc) is 2.66. The molecule has 1 heterocycles. The Bertz CT molecular complexity index is 401. The maximum atomic E-state index is 4.69. The molecular formula is C14H22Br2N2. The van der Waals surface area contributed by atoms with Crippen LogP contribution in [0.1, 0.15) is 50.9 Å².